The van der Waals surface area contributed by atoms with E-state index in [-0.39, 0.29) is 5.28 Å². The van der Waals surface area contributed by atoms with Gasteiger partial charge in [-0.2, -0.15) is 15.1 Å². The molecule has 0 aliphatic heterocycles. The second kappa shape index (κ2) is 6.72. The third kappa shape index (κ3) is 3.11. The Morgan fingerprint density at radius 3 is 2.62 bits per heavy atom. The molecule has 130 valence electrons. The number of aryl methyl sites for hydroxylation is 1. The Hall–Kier alpha value is -2.99. The van der Waals surface area contributed by atoms with Gasteiger partial charge in [0.05, 0.1) is 17.3 Å². The number of halogens is 1. The molecule has 0 saturated carbocycles. The summed E-state index contributed by atoms with van der Waals surface area (Å²) in [5.41, 5.74) is 3.89. The number of hydrogen-bond acceptors (Lipinski definition) is 5. The fraction of sp³-hybridized carbons (Fsp3) is 0.158. The molecule has 26 heavy (non-hydrogen) atoms. The lowest BCUT2D eigenvalue weighted by atomic mass is 10.2. The first-order valence-electron chi connectivity index (χ1n) is 8.20. The molecule has 0 amide bonds. The van der Waals surface area contributed by atoms with Crippen LogP contribution in [0.3, 0.4) is 0 Å². The van der Waals surface area contributed by atoms with Crippen molar-refractivity contribution in [3.63, 3.8) is 0 Å². The van der Waals surface area contributed by atoms with Crippen LogP contribution in [0.1, 0.15) is 11.1 Å². The first-order valence-corrected chi connectivity index (χ1v) is 8.58. The van der Waals surface area contributed by atoms with Gasteiger partial charge in [0.25, 0.3) is 0 Å². The average molecular weight is 365 g/mol. The Balaban J connectivity index is 1.77. The van der Waals surface area contributed by atoms with E-state index in [1.807, 2.05) is 54.5 Å². The van der Waals surface area contributed by atoms with Gasteiger partial charge < -0.3 is 4.90 Å². The van der Waals surface area contributed by atoms with Crippen LogP contribution in [0.4, 0.5) is 5.82 Å². The van der Waals surface area contributed by atoms with Crippen molar-refractivity contribution < 1.29 is 0 Å². The molecule has 0 aliphatic rings. The summed E-state index contributed by atoms with van der Waals surface area (Å²) in [6.07, 6.45) is 5.38. The third-order valence-electron chi connectivity index (χ3n) is 4.16. The summed E-state index contributed by atoms with van der Waals surface area (Å²) < 4.78 is 1.78. The summed E-state index contributed by atoms with van der Waals surface area (Å²) in [4.78, 5) is 15.0. The standard InChI is InChI=1S/C19H17ClN6/c1-13-5-7-15(8-6-13)26-18-16(11-22-26)17(23-19(20)24-18)25(2)12-14-4-3-9-21-10-14/h3-11H,12H2,1-2H3. The van der Waals surface area contributed by atoms with Crippen LogP contribution >= 0.6 is 11.6 Å². The van der Waals surface area contributed by atoms with Gasteiger partial charge in [0, 0.05) is 26.0 Å². The first-order chi connectivity index (χ1) is 12.6. The summed E-state index contributed by atoms with van der Waals surface area (Å²) >= 11 is 6.21. The van der Waals surface area contributed by atoms with E-state index in [1.54, 1.807) is 17.1 Å². The lowest BCUT2D eigenvalue weighted by molar-refractivity contribution is 0.884. The van der Waals surface area contributed by atoms with Gasteiger partial charge in [-0.25, -0.2) is 4.68 Å². The molecule has 0 bridgehead atoms. The Morgan fingerprint density at radius 1 is 1.08 bits per heavy atom. The molecule has 3 heterocycles. The molecule has 4 aromatic rings. The molecule has 6 nitrogen and oxygen atoms in total. The summed E-state index contributed by atoms with van der Waals surface area (Å²) in [7, 11) is 1.97. The normalized spacial score (nSPS) is 11.0. The average Bonchev–Trinajstić information content (AvgIpc) is 3.06. The van der Waals surface area contributed by atoms with E-state index in [0.29, 0.717) is 12.2 Å². The number of aromatic nitrogens is 5. The van der Waals surface area contributed by atoms with Crippen molar-refractivity contribution in [3.05, 3.63) is 71.4 Å². The molecule has 4 rings (SSSR count). The predicted molar refractivity (Wildman–Crippen MR) is 103 cm³/mol. The van der Waals surface area contributed by atoms with E-state index in [9.17, 15) is 0 Å². The largest absolute Gasteiger partial charge is 0.355 e. The summed E-state index contributed by atoms with van der Waals surface area (Å²) in [6, 6.07) is 12.1. The van der Waals surface area contributed by atoms with Gasteiger partial charge in [-0.3, -0.25) is 4.98 Å². The number of rotatable bonds is 4. The highest BCUT2D eigenvalue weighted by Gasteiger charge is 2.16. The summed E-state index contributed by atoms with van der Waals surface area (Å²) in [5.74, 6) is 0.738. The van der Waals surface area contributed by atoms with E-state index in [4.69, 9.17) is 11.6 Å². The van der Waals surface area contributed by atoms with Crippen molar-refractivity contribution in [2.24, 2.45) is 0 Å². The molecule has 0 N–H and O–H groups in total. The smallest absolute Gasteiger partial charge is 0.226 e. The third-order valence-corrected chi connectivity index (χ3v) is 4.33. The lowest BCUT2D eigenvalue weighted by Gasteiger charge is -2.18. The van der Waals surface area contributed by atoms with Gasteiger partial charge in [-0.15, -0.1) is 0 Å². The molecular weight excluding hydrogens is 348 g/mol. The molecule has 0 unspecified atom stereocenters. The van der Waals surface area contributed by atoms with Gasteiger partial charge in [-0.1, -0.05) is 23.8 Å². The molecule has 0 aliphatic carbocycles. The monoisotopic (exact) mass is 364 g/mol. The highest BCUT2D eigenvalue weighted by molar-refractivity contribution is 6.28. The predicted octanol–water partition coefficient (Wildman–Crippen LogP) is 3.81. The minimum absolute atomic E-state index is 0.194. The number of benzene rings is 1. The van der Waals surface area contributed by atoms with E-state index in [2.05, 4.69) is 27.0 Å². The van der Waals surface area contributed by atoms with Crippen molar-refractivity contribution in [2.75, 3.05) is 11.9 Å². The van der Waals surface area contributed by atoms with Crippen LogP contribution in [0, 0.1) is 6.92 Å². The van der Waals surface area contributed by atoms with Crippen molar-refractivity contribution >= 4 is 28.5 Å². The Labute approximate surface area is 156 Å². The van der Waals surface area contributed by atoms with Crippen LogP contribution in [0.15, 0.2) is 55.0 Å². The van der Waals surface area contributed by atoms with Gasteiger partial charge >= 0.3 is 0 Å². The van der Waals surface area contributed by atoms with Crippen LogP contribution in [-0.4, -0.2) is 31.8 Å². The number of fused-ring (bicyclic) bond motifs is 1. The van der Waals surface area contributed by atoms with Crippen LogP contribution < -0.4 is 4.90 Å². The molecule has 0 saturated heterocycles. The molecule has 0 radical (unpaired) electrons. The van der Waals surface area contributed by atoms with Crippen molar-refractivity contribution in [3.8, 4) is 5.69 Å². The van der Waals surface area contributed by atoms with Gasteiger partial charge in [-0.05, 0) is 42.3 Å². The van der Waals surface area contributed by atoms with E-state index < -0.39 is 0 Å². The Bertz CT molecular complexity index is 1040. The zero-order valence-corrected chi connectivity index (χ0v) is 15.2. The topological polar surface area (TPSA) is 59.7 Å². The van der Waals surface area contributed by atoms with Crippen molar-refractivity contribution in [1.82, 2.24) is 24.7 Å². The van der Waals surface area contributed by atoms with Gasteiger partial charge in [0.2, 0.25) is 5.28 Å². The number of hydrogen-bond donors (Lipinski definition) is 0. The molecule has 0 fully saturated rings. The molecule has 3 aromatic heterocycles. The highest BCUT2D eigenvalue weighted by atomic mass is 35.5. The van der Waals surface area contributed by atoms with Gasteiger partial charge in [0.1, 0.15) is 5.82 Å². The summed E-state index contributed by atoms with van der Waals surface area (Å²) in [6.45, 7) is 2.71. The number of anilines is 1. The van der Waals surface area contributed by atoms with E-state index in [1.165, 1.54) is 5.56 Å². The Morgan fingerprint density at radius 2 is 1.88 bits per heavy atom. The lowest BCUT2D eigenvalue weighted by Crippen LogP contribution is -2.18. The molecule has 0 atom stereocenters. The number of nitrogens with zero attached hydrogens (tertiary/aromatic N) is 6. The molecule has 7 heteroatoms. The maximum atomic E-state index is 6.21. The SMILES string of the molecule is Cc1ccc(-n2ncc3c(N(C)Cc4cccnc4)nc(Cl)nc32)cc1. The highest BCUT2D eigenvalue weighted by Crippen LogP contribution is 2.27. The van der Waals surface area contributed by atoms with E-state index in [0.717, 1.165) is 22.5 Å². The summed E-state index contributed by atoms with van der Waals surface area (Å²) in [5, 5.41) is 5.55. The van der Waals surface area contributed by atoms with Crippen LogP contribution in [0.2, 0.25) is 5.28 Å². The van der Waals surface area contributed by atoms with Crippen LogP contribution in [-0.2, 0) is 6.54 Å². The maximum absolute atomic E-state index is 6.21. The van der Waals surface area contributed by atoms with Gasteiger partial charge in [0.15, 0.2) is 5.65 Å². The minimum atomic E-state index is 0.194. The Kier molecular flexibility index (Phi) is 4.26. The molecule has 1 aromatic carbocycles. The first kappa shape index (κ1) is 16.5. The zero-order chi connectivity index (χ0) is 18.1. The molecule has 0 spiro atoms. The molecular formula is C19H17ClN6. The number of pyridine rings is 1. The second-order valence-corrected chi connectivity index (χ2v) is 6.50. The fourth-order valence-corrected chi connectivity index (χ4v) is 3.03. The van der Waals surface area contributed by atoms with Crippen LogP contribution in [0.5, 0.6) is 0 Å². The van der Waals surface area contributed by atoms with Crippen LogP contribution in [0.25, 0.3) is 16.7 Å². The second-order valence-electron chi connectivity index (χ2n) is 6.16. The fourth-order valence-electron chi connectivity index (χ4n) is 2.87. The van der Waals surface area contributed by atoms with E-state index >= 15 is 0 Å². The zero-order valence-electron chi connectivity index (χ0n) is 14.5. The quantitative estimate of drug-likeness (QED) is 0.515. The van der Waals surface area contributed by atoms with Crippen molar-refractivity contribution in [2.45, 2.75) is 13.5 Å². The maximum Gasteiger partial charge on any atom is 0.226 e. The minimum Gasteiger partial charge on any atom is -0.355 e. The van der Waals surface area contributed by atoms with Crippen molar-refractivity contribution in [1.29, 1.82) is 0 Å².